The summed E-state index contributed by atoms with van der Waals surface area (Å²) in [6.45, 7) is 0. The van der Waals surface area contributed by atoms with Crippen molar-refractivity contribution in [2.45, 2.75) is 6.36 Å². The Balaban J connectivity index is 2.34. The van der Waals surface area contributed by atoms with E-state index < -0.39 is 17.9 Å². The van der Waals surface area contributed by atoms with Gasteiger partial charge in [-0.2, -0.15) is 0 Å². The monoisotopic (exact) mass is 301 g/mol. The van der Waals surface area contributed by atoms with Crippen molar-refractivity contribution in [3.8, 4) is 5.75 Å². The molecule has 104 valence electrons. The van der Waals surface area contributed by atoms with E-state index in [2.05, 4.69) is 9.72 Å². The Morgan fingerprint density at radius 3 is 2.55 bits per heavy atom. The highest BCUT2D eigenvalue weighted by molar-refractivity contribution is 6.32. The number of ether oxygens (including phenoxy) is 1. The fraction of sp³-hybridized carbons (Fsp3) is 0.0769. The zero-order valence-corrected chi connectivity index (χ0v) is 10.6. The molecule has 0 spiro atoms. The molecule has 2 rings (SSSR count). The molecule has 0 saturated heterocycles. The van der Waals surface area contributed by atoms with Crippen molar-refractivity contribution in [2.24, 2.45) is 0 Å². The van der Waals surface area contributed by atoms with E-state index in [1.807, 2.05) is 0 Å². The fourth-order valence-electron chi connectivity index (χ4n) is 1.51. The fourth-order valence-corrected chi connectivity index (χ4v) is 1.67. The Labute approximate surface area is 117 Å². The molecule has 1 heterocycles. The lowest BCUT2D eigenvalue weighted by molar-refractivity contribution is -0.274. The van der Waals surface area contributed by atoms with E-state index in [4.69, 9.17) is 11.6 Å². The number of carbonyl (C=O) groups is 1. The average Bonchev–Trinajstić information content (AvgIpc) is 2.40. The van der Waals surface area contributed by atoms with Crippen LogP contribution in [0.3, 0.4) is 0 Å². The van der Waals surface area contributed by atoms with Gasteiger partial charge in [0.05, 0.1) is 5.02 Å². The molecule has 1 aromatic heterocycles. The van der Waals surface area contributed by atoms with Crippen LogP contribution < -0.4 is 4.74 Å². The summed E-state index contributed by atoms with van der Waals surface area (Å²) in [5, 5.41) is -0.231. The smallest absolute Gasteiger partial charge is 0.404 e. The number of hydrogen-bond acceptors (Lipinski definition) is 3. The van der Waals surface area contributed by atoms with Crippen molar-refractivity contribution in [1.82, 2.24) is 4.98 Å². The number of carbonyl (C=O) groups excluding carboxylic acids is 1. The van der Waals surface area contributed by atoms with Gasteiger partial charge in [-0.25, -0.2) is 0 Å². The van der Waals surface area contributed by atoms with Gasteiger partial charge in [-0.05, 0) is 30.3 Å². The molecule has 0 atom stereocenters. The number of pyridine rings is 1. The summed E-state index contributed by atoms with van der Waals surface area (Å²) in [4.78, 5) is 15.8. The van der Waals surface area contributed by atoms with Crippen LogP contribution in [0.2, 0.25) is 5.02 Å². The molecule has 0 unspecified atom stereocenters. The number of benzene rings is 1. The summed E-state index contributed by atoms with van der Waals surface area (Å²) in [7, 11) is 0. The molecule has 0 N–H and O–H groups in total. The van der Waals surface area contributed by atoms with Gasteiger partial charge in [0.1, 0.15) is 5.75 Å². The van der Waals surface area contributed by atoms with Crippen LogP contribution >= 0.6 is 11.6 Å². The van der Waals surface area contributed by atoms with Gasteiger partial charge in [0.25, 0.3) is 0 Å². The Kier molecular flexibility index (Phi) is 3.94. The minimum Gasteiger partial charge on any atom is -0.404 e. The topological polar surface area (TPSA) is 39.2 Å². The van der Waals surface area contributed by atoms with Crippen molar-refractivity contribution in [3.05, 3.63) is 58.9 Å². The van der Waals surface area contributed by atoms with E-state index in [1.54, 1.807) is 6.07 Å². The molecule has 7 heteroatoms. The first-order valence-corrected chi connectivity index (χ1v) is 5.74. The number of alkyl halides is 3. The lowest BCUT2D eigenvalue weighted by atomic mass is 10.1. The van der Waals surface area contributed by atoms with Crippen LogP contribution in [0.25, 0.3) is 0 Å². The number of rotatable bonds is 3. The first-order valence-electron chi connectivity index (χ1n) is 5.37. The van der Waals surface area contributed by atoms with E-state index >= 15 is 0 Å². The molecule has 0 radical (unpaired) electrons. The summed E-state index contributed by atoms with van der Waals surface area (Å²) in [5.74, 6) is -1.09. The first-order chi connectivity index (χ1) is 9.37. The third-order valence-corrected chi connectivity index (χ3v) is 2.66. The molecule has 20 heavy (non-hydrogen) atoms. The molecule has 2 aromatic rings. The van der Waals surface area contributed by atoms with Crippen LogP contribution in [0.15, 0.2) is 42.7 Å². The van der Waals surface area contributed by atoms with E-state index in [9.17, 15) is 18.0 Å². The van der Waals surface area contributed by atoms with Crippen LogP contribution in [0.4, 0.5) is 13.2 Å². The SMILES string of the molecule is O=C(c1cccnc1)c1ccc(Cl)c(OC(F)(F)F)c1. The second-order valence-electron chi connectivity index (χ2n) is 3.76. The second kappa shape index (κ2) is 5.50. The predicted octanol–water partition coefficient (Wildman–Crippen LogP) is 3.86. The zero-order valence-electron chi connectivity index (χ0n) is 9.82. The van der Waals surface area contributed by atoms with Gasteiger partial charge >= 0.3 is 6.36 Å². The van der Waals surface area contributed by atoms with Gasteiger partial charge < -0.3 is 4.74 Å². The number of hydrogen-bond donors (Lipinski definition) is 0. The molecule has 1 aromatic carbocycles. The van der Waals surface area contributed by atoms with Crippen molar-refractivity contribution < 1.29 is 22.7 Å². The number of aromatic nitrogens is 1. The Bertz CT molecular complexity index is 629. The van der Waals surface area contributed by atoms with E-state index in [1.165, 1.54) is 30.6 Å². The van der Waals surface area contributed by atoms with Crippen molar-refractivity contribution >= 4 is 17.4 Å². The van der Waals surface area contributed by atoms with Crippen LogP contribution in [-0.2, 0) is 0 Å². The summed E-state index contributed by atoms with van der Waals surface area (Å²) in [5.41, 5.74) is 0.287. The first kappa shape index (κ1) is 14.3. The third-order valence-electron chi connectivity index (χ3n) is 2.34. The number of halogens is 4. The van der Waals surface area contributed by atoms with Crippen LogP contribution in [0, 0.1) is 0 Å². The molecular formula is C13H7ClF3NO2. The van der Waals surface area contributed by atoms with Crippen molar-refractivity contribution in [3.63, 3.8) is 0 Å². The normalized spacial score (nSPS) is 11.2. The summed E-state index contributed by atoms with van der Waals surface area (Å²) in [6, 6.07) is 6.50. The number of ketones is 1. The molecule has 0 fully saturated rings. The lowest BCUT2D eigenvalue weighted by Gasteiger charge is -2.11. The second-order valence-corrected chi connectivity index (χ2v) is 4.17. The maximum atomic E-state index is 12.2. The van der Waals surface area contributed by atoms with E-state index in [0.717, 1.165) is 6.07 Å². The molecule has 0 aliphatic rings. The molecule has 0 aliphatic heterocycles. The highest BCUT2D eigenvalue weighted by Gasteiger charge is 2.32. The standard InChI is InChI=1S/C13H7ClF3NO2/c14-10-4-3-8(6-11(10)20-13(15,16)17)12(19)9-2-1-5-18-7-9/h1-7H. The van der Waals surface area contributed by atoms with Gasteiger partial charge in [0.2, 0.25) is 0 Å². The van der Waals surface area contributed by atoms with Gasteiger partial charge in [-0.3, -0.25) is 9.78 Å². The maximum Gasteiger partial charge on any atom is 0.573 e. The molecule has 0 bridgehead atoms. The lowest BCUT2D eigenvalue weighted by Crippen LogP contribution is -2.17. The molecule has 0 amide bonds. The number of nitrogens with zero attached hydrogens (tertiary/aromatic N) is 1. The Morgan fingerprint density at radius 1 is 1.20 bits per heavy atom. The van der Waals surface area contributed by atoms with Crippen LogP contribution in [0.5, 0.6) is 5.75 Å². The zero-order chi connectivity index (χ0) is 14.8. The summed E-state index contributed by atoms with van der Waals surface area (Å²) >= 11 is 5.60. The Hall–Kier alpha value is -2.08. The maximum absolute atomic E-state index is 12.2. The van der Waals surface area contributed by atoms with Crippen LogP contribution in [-0.4, -0.2) is 17.1 Å². The van der Waals surface area contributed by atoms with Crippen molar-refractivity contribution in [2.75, 3.05) is 0 Å². The predicted molar refractivity (Wildman–Crippen MR) is 65.8 cm³/mol. The molecular weight excluding hydrogens is 295 g/mol. The van der Waals surface area contributed by atoms with Crippen LogP contribution in [0.1, 0.15) is 15.9 Å². The highest BCUT2D eigenvalue weighted by atomic mass is 35.5. The van der Waals surface area contributed by atoms with Gasteiger partial charge in [0.15, 0.2) is 5.78 Å². The Morgan fingerprint density at radius 2 is 1.95 bits per heavy atom. The summed E-state index contributed by atoms with van der Waals surface area (Å²) in [6.07, 6.45) is -2.07. The van der Waals surface area contributed by atoms with E-state index in [0.29, 0.717) is 0 Å². The van der Waals surface area contributed by atoms with Gasteiger partial charge in [-0.15, -0.1) is 13.2 Å². The summed E-state index contributed by atoms with van der Waals surface area (Å²) < 4.78 is 40.4. The van der Waals surface area contributed by atoms with Crippen molar-refractivity contribution in [1.29, 1.82) is 0 Å². The third kappa shape index (κ3) is 3.48. The molecule has 0 saturated carbocycles. The molecule has 3 nitrogen and oxygen atoms in total. The minimum atomic E-state index is -4.88. The largest absolute Gasteiger partial charge is 0.573 e. The molecule has 0 aliphatic carbocycles. The van der Waals surface area contributed by atoms with E-state index in [-0.39, 0.29) is 16.1 Å². The minimum absolute atomic E-state index is 0.0293. The highest BCUT2D eigenvalue weighted by Crippen LogP contribution is 2.31. The average molecular weight is 302 g/mol. The van der Waals surface area contributed by atoms with Gasteiger partial charge in [-0.1, -0.05) is 11.6 Å². The van der Waals surface area contributed by atoms with Gasteiger partial charge in [0, 0.05) is 23.5 Å². The quantitative estimate of drug-likeness (QED) is 0.808.